The van der Waals surface area contributed by atoms with Crippen molar-refractivity contribution in [2.24, 2.45) is 5.73 Å². The summed E-state index contributed by atoms with van der Waals surface area (Å²) in [5, 5.41) is 0. The summed E-state index contributed by atoms with van der Waals surface area (Å²) >= 11 is 0. The van der Waals surface area contributed by atoms with Crippen molar-refractivity contribution in [2.75, 3.05) is 6.61 Å². The third-order valence-corrected chi connectivity index (χ3v) is 3.74. The van der Waals surface area contributed by atoms with Gasteiger partial charge in [0.25, 0.3) is 0 Å². The third-order valence-electron chi connectivity index (χ3n) is 3.74. The average molecular weight is 275 g/mol. The molecular weight excluding hydrogens is 260 g/mol. The molecule has 1 aliphatic heterocycles. The lowest BCUT2D eigenvalue weighted by Crippen LogP contribution is -2.32. The van der Waals surface area contributed by atoms with E-state index < -0.39 is 11.6 Å². The first-order chi connectivity index (χ1) is 9.66. The number of benzene rings is 2. The predicted octanol–water partition coefficient (Wildman–Crippen LogP) is 3.01. The standard InChI is InChI=1S/C16H15F2NO/c17-13-6-3-4-10(16(13)18)8-14(19)12-9-20-15-7-2-1-5-11(12)15/h1-7,12,14H,8-9,19H2. The molecule has 104 valence electrons. The van der Waals surface area contributed by atoms with E-state index in [0.29, 0.717) is 12.2 Å². The zero-order valence-corrected chi connectivity index (χ0v) is 10.9. The Bertz CT molecular complexity index is 630. The number of hydrogen-bond acceptors (Lipinski definition) is 2. The van der Waals surface area contributed by atoms with Gasteiger partial charge in [-0.25, -0.2) is 8.78 Å². The fraction of sp³-hybridized carbons (Fsp3) is 0.250. The lowest BCUT2D eigenvalue weighted by Gasteiger charge is -2.18. The minimum absolute atomic E-state index is 0.00821. The van der Waals surface area contributed by atoms with Gasteiger partial charge in [0.15, 0.2) is 11.6 Å². The molecule has 1 aliphatic rings. The Kier molecular flexibility index (Phi) is 3.40. The van der Waals surface area contributed by atoms with Crippen LogP contribution in [0.1, 0.15) is 17.0 Å². The summed E-state index contributed by atoms with van der Waals surface area (Å²) in [5.74, 6) is -0.811. The molecule has 2 nitrogen and oxygen atoms in total. The molecule has 0 saturated carbocycles. The van der Waals surface area contributed by atoms with E-state index in [9.17, 15) is 8.78 Å². The molecule has 0 aromatic heterocycles. The van der Waals surface area contributed by atoms with Crippen molar-refractivity contribution in [1.82, 2.24) is 0 Å². The maximum Gasteiger partial charge on any atom is 0.162 e. The topological polar surface area (TPSA) is 35.2 Å². The minimum Gasteiger partial charge on any atom is -0.493 e. The van der Waals surface area contributed by atoms with Crippen molar-refractivity contribution < 1.29 is 13.5 Å². The molecule has 0 bridgehead atoms. The lowest BCUT2D eigenvalue weighted by atomic mass is 9.89. The van der Waals surface area contributed by atoms with Gasteiger partial charge in [0.2, 0.25) is 0 Å². The van der Waals surface area contributed by atoms with Crippen LogP contribution in [-0.2, 0) is 6.42 Å². The number of halogens is 2. The van der Waals surface area contributed by atoms with E-state index in [-0.39, 0.29) is 18.4 Å². The van der Waals surface area contributed by atoms with Crippen LogP contribution in [0, 0.1) is 11.6 Å². The van der Waals surface area contributed by atoms with Gasteiger partial charge in [-0.15, -0.1) is 0 Å². The summed E-state index contributed by atoms with van der Waals surface area (Å²) in [4.78, 5) is 0. The first-order valence-electron chi connectivity index (χ1n) is 6.57. The number of ether oxygens (including phenoxy) is 1. The maximum atomic E-state index is 13.7. The molecule has 2 N–H and O–H groups in total. The number of para-hydroxylation sites is 1. The normalized spacial score (nSPS) is 18.4. The van der Waals surface area contributed by atoms with Gasteiger partial charge in [0.05, 0.1) is 6.61 Å². The molecule has 0 amide bonds. The molecule has 4 heteroatoms. The Hall–Kier alpha value is -1.94. The van der Waals surface area contributed by atoms with Gasteiger partial charge in [-0.3, -0.25) is 0 Å². The molecule has 2 atom stereocenters. The third kappa shape index (κ3) is 2.27. The van der Waals surface area contributed by atoms with Crippen LogP contribution < -0.4 is 10.5 Å². The van der Waals surface area contributed by atoms with Gasteiger partial charge >= 0.3 is 0 Å². The minimum atomic E-state index is -0.835. The van der Waals surface area contributed by atoms with Gasteiger partial charge in [0.1, 0.15) is 5.75 Å². The van der Waals surface area contributed by atoms with Crippen LogP contribution in [0.15, 0.2) is 42.5 Å². The Balaban J connectivity index is 1.81. The highest BCUT2D eigenvalue weighted by atomic mass is 19.2. The molecule has 1 heterocycles. The summed E-state index contributed by atoms with van der Waals surface area (Å²) < 4.78 is 32.5. The van der Waals surface area contributed by atoms with Gasteiger partial charge in [-0.2, -0.15) is 0 Å². The van der Waals surface area contributed by atoms with Crippen molar-refractivity contribution in [3.05, 3.63) is 65.2 Å². The summed E-state index contributed by atoms with van der Waals surface area (Å²) in [6, 6.07) is 11.6. The summed E-state index contributed by atoms with van der Waals surface area (Å²) in [6.45, 7) is 0.484. The zero-order valence-electron chi connectivity index (χ0n) is 10.9. The van der Waals surface area contributed by atoms with Gasteiger partial charge in [0, 0.05) is 17.5 Å². The van der Waals surface area contributed by atoms with Crippen LogP contribution in [0.4, 0.5) is 8.78 Å². The number of fused-ring (bicyclic) bond motifs is 1. The Morgan fingerprint density at radius 1 is 1.15 bits per heavy atom. The first kappa shape index (κ1) is 13.1. The Morgan fingerprint density at radius 3 is 2.80 bits per heavy atom. The van der Waals surface area contributed by atoms with Crippen molar-refractivity contribution in [1.29, 1.82) is 0 Å². The second-order valence-electron chi connectivity index (χ2n) is 5.04. The second-order valence-corrected chi connectivity index (χ2v) is 5.04. The highest BCUT2D eigenvalue weighted by Gasteiger charge is 2.29. The van der Waals surface area contributed by atoms with E-state index in [2.05, 4.69) is 0 Å². The first-order valence-corrected chi connectivity index (χ1v) is 6.57. The summed E-state index contributed by atoms with van der Waals surface area (Å²) in [6.07, 6.45) is 0.284. The number of nitrogens with two attached hydrogens (primary N) is 1. The van der Waals surface area contributed by atoms with Gasteiger partial charge in [-0.05, 0) is 24.1 Å². The van der Waals surface area contributed by atoms with Crippen LogP contribution in [0.5, 0.6) is 5.75 Å². The maximum absolute atomic E-state index is 13.7. The molecule has 0 spiro atoms. The highest BCUT2D eigenvalue weighted by molar-refractivity contribution is 5.41. The Labute approximate surface area is 116 Å². The molecule has 2 unspecified atom stereocenters. The second kappa shape index (κ2) is 5.21. The molecule has 0 saturated heterocycles. The van der Waals surface area contributed by atoms with Gasteiger partial charge < -0.3 is 10.5 Å². The number of hydrogen-bond donors (Lipinski definition) is 1. The highest BCUT2D eigenvalue weighted by Crippen LogP contribution is 2.35. The molecule has 0 aliphatic carbocycles. The molecule has 20 heavy (non-hydrogen) atoms. The van der Waals surface area contributed by atoms with Crippen molar-refractivity contribution in [3.63, 3.8) is 0 Å². The van der Waals surface area contributed by atoms with Crippen LogP contribution >= 0.6 is 0 Å². The van der Waals surface area contributed by atoms with Crippen LogP contribution in [0.2, 0.25) is 0 Å². The molecule has 2 aromatic carbocycles. The fourth-order valence-corrected chi connectivity index (χ4v) is 2.64. The van der Waals surface area contributed by atoms with E-state index in [1.54, 1.807) is 6.07 Å². The fourth-order valence-electron chi connectivity index (χ4n) is 2.64. The summed E-state index contributed by atoms with van der Waals surface area (Å²) in [5.41, 5.74) is 7.52. The van der Waals surface area contributed by atoms with Crippen molar-refractivity contribution in [3.8, 4) is 5.75 Å². The van der Waals surface area contributed by atoms with Crippen molar-refractivity contribution >= 4 is 0 Å². The monoisotopic (exact) mass is 275 g/mol. The largest absolute Gasteiger partial charge is 0.493 e. The van der Waals surface area contributed by atoms with E-state index >= 15 is 0 Å². The van der Waals surface area contributed by atoms with Crippen LogP contribution in [-0.4, -0.2) is 12.6 Å². The molecule has 0 fully saturated rings. The van der Waals surface area contributed by atoms with Gasteiger partial charge in [-0.1, -0.05) is 30.3 Å². The van der Waals surface area contributed by atoms with E-state index in [1.165, 1.54) is 6.07 Å². The average Bonchev–Trinajstić information content (AvgIpc) is 2.88. The summed E-state index contributed by atoms with van der Waals surface area (Å²) in [7, 11) is 0. The van der Waals surface area contributed by atoms with E-state index in [1.807, 2.05) is 24.3 Å². The smallest absolute Gasteiger partial charge is 0.162 e. The molecule has 0 radical (unpaired) electrons. The molecule has 2 aromatic rings. The number of rotatable bonds is 3. The quantitative estimate of drug-likeness (QED) is 0.934. The van der Waals surface area contributed by atoms with Crippen LogP contribution in [0.25, 0.3) is 0 Å². The SMILES string of the molecule is NC(Cc1cccc(F)c1F)C1COc2ccccc21. The predicted molar refractivity (Wildman–Crippen MR) is 72.7 cm³/mol. The lowest BCUT2D eigenvalue weighted by molar-refractivity contribution is 0.312. The zero-order chi connectivity index (χ0) is 14.1. The van der Waals surface area contributed by atoms with E-state index in [4.69, 9.17) is 10.5 Å². The van der Waals surface area contributed by atoms with Crippen LogP contribution in [0.3, 0.4) is 0 Å². The molecule has 3 rings (SSSR count). The molecular formula is C16H15F2NO. The van der Waals surface area contributed by atoms with E-state index in [0.717, 1.165) is 17.4 Å². The van der Waals surface area contributed by atoms with Crippen molar-refractivity contribution in [2.45, 2.75) is 18.4 Å². The Morgan fingerprint density at radius 2 is 1.95 bits per heavy atom.